The lowest BCUT2D eigenvalue weighted by molar-refractivity contribution is -0.870. The van der Waals surface area contributed by atoms with Gasteiger partial charge in [-0.3, -0.25) is 9.36 Å². The van der Waals surface area contributed by atoms with Crippen LogP contribution in [0.25, 0.3) is 0 Å². The average Bonchev–Trinajstić information content (AvgIpc) is 2.99. The second kappa shape index (κ2) is 30.3. The summed E-state index contributed by atoms with van der Waals surface area (Å²) in [4.78, 5) is 25.1. The maximum Gasteiger partial charge on any atom is 0.268 e. The first kappa shape index (κ1) is 45.2. The van der Waals surface area contributed by atoms with Gasteiger partial charge in [-0.2, -0.15) is 0 Å². The smallest absolute Gasteiger partial charge is 0.268 e. The molecule has 3 atom stereocenters. The van der Waals surface area contributed by atoms with Crippen molar-refractivity contribution in [2.24, 2.45) is 0 Å². The summed E-state index contributed by atoms with van der Waals surface area (Å²) in [6.07, 6.45) is 30.7. The third-order valence-corrected chi connectivity index (χ3v) is 9.47. The largest absolute Gasteiger partial charge is 0.756 e. The van der Waals surface area contributed by atoms with Crippen molar-refractivity contribution in [3.05, 3.63) is 12.2 Å². The molecule has 0 aromatic heterocycles. The highest BCUT2D eigenvalue weighted by Crippen LogP contribution is 2.38. The number of aliphatic hydroxyl groups excluding tert-OH is 1. The maximum absolute atomic E-state index is 12.8. The third-order valence-electron chi connectivity index (χ3n) is 8.50. The van der Waals surface area contributed by atoms with Gasteiger partial charge in [0.25, 0.3) is 7.82 Å². The van der Waals surface area contributed by atoms with Crippen molar-refractivity contribution in [3.8, 4) is 0 Å². The van der Waals surface area contributed by atoms with E-state index in [2.05, 4.69) is 31.3 Å². The number of unbranched alkanes of at least 4 members (excludes halogenated alkanes) is 19. The fourth-order valence-electron chi connectivity index (χ4n) is 5.38. The molecule has 0 aromatic carbocycles. The minimum Gasteiger partial charge on any atom is -0.756 e. The van der Waals surface area contributed by atoms with Crippen molar-refractivity contribution in [3.63, 3.8) is 0 Å². The van der Waals surface area contributed by atoms with Crippen molar-refractivity contribution >= 4 is 13.7 Å². The Morgan fingerprint density at radius 2 is 1.20 bits per heavy atom. The summed E-state index contributed by atoms with van der Waals surface area (Å²) in [5, 5.41) is 13.8. The van der Waals surface area contributed by atoms with Crippen LogP contribution in [0.5, 0.6) is 0 Å². The Morgan fingerprint density at radius 1 is 0.739 bits per heavy atom. The number of phosphoric ester groups is 1. The highest BCUT2D eigenvalue weighted by molar-refractivity contribution is 7.45. The molecule has 0 aromatic rings. The number of hydrogen-bond acceptors (Lipinski definition) is 6. The lowest BCUT2D eigenvalue weighted by Crippen LogP contribution is -2.46. The molecule has 0 fully saturated rings. The second-order valence-electron chi connectivity index (χ2n) is 14.3. The van der Waals surface area contributed by atoms with E-state index >= 15 is 0 Å². The molecule has 9 heteroatoms. The zero-order valence-corrected chi connectivity index (χ0v) is 31.7. The van der Waals surface area contributed by atoms with Crippen LogP contribution in [-0.4, -0.2) is 68.5 Å². The zero-order valence-electron chi connectivity index (χ0n) is 30.8. The van der Waals surface area contributed by atoms with Crippen LogP contribution in [0.4, 0.5) is 0 Å². The predicted octanol–water partition coefficient (Wildman–Crippen LogP) is 9.00. The number of nitrogens with zero attached hydrogens (tertiary/aromatic N) is 1. The van der Waals surface area contributed by atoms with Crippen LogP contribution in [0, 0.1) is 0 Å². The molecule has 274 valence electrons. The normalized spacial score (nSPS) is 14.8. The van der Waals surface area contributed by atoms with Crippen LogP contribution < -0.4 is 10.2 Å². The molecular weight excluding hydrogens is 599 g/mol. The van der Waals surface area contributed by atoms with Gasteiger partial charge < -0.3 is 28.8 Å². The van der Waals surface area contributed by atoms with Gasteiger partial charge >= 0.3 is 0 Å². The van der Waals surface area contributed by atoms with Crippen LogP contribution in [0.3, 0.4) is 0 Å². The molecule has 0 aliphatic heterocycles. The standard InChI is InChI=1S/C37H75N2O6P/c1-6-8-10-12-14-16-17-18-19-20-21-23-25-27-29-31-37(41)38-35(34-45-46(42,43)44-33-32-39(3,4)5)36(40)30-28-26-24-22-15-13-11-9-7-2/h18-19,35-36,40H,6-17,20-34H2,1-5H3,(H-,38,41,42,43)/b19-18-. The summed E-state index contributed by atoms with van der Waals surface area (Å²) in [5.74, 6) is -0.177. The van der Waals surface area contributed by atoms with Crippen molar-refractivity contribution in [2.45, 2.75) is 180 Å². The Balaban J connectivity index is 4.43. The number of phosphoric acid groups is 1. The Morgan fingerprint density at radius 3 is 1.70 bits per heavy atom. The van der Waals surface area contributed by atoms with Gasteiger partial charge in [0, 0.05) is 6.42 Å². The highest BCUT2D eigenvalue weighted by Gasteiger charge is 2.24. The molecule has 0 bridgehead atoms. The molecule has 2 N–H and O–H groups in total. The summed E-state index contributed by atoms with van der Waals surface area (Å²) in [5.41, 5.74) is 0. The number of nitrogens with one attached hydrogen (secondary N) is 1. The molecule has 0 aliphatic carbocycles. The van der Waals surface area contributed by atoms with E-state index in [0.717, 1.165) is 51.4 Å². The number of aliphatic hydroxyl groups is 1. The number of quaternary nitrogens is 1. The molecule has 8 nitrogen and oxygen atoms in total. The molecule has 1 amide bonds. The van der Waals surface area contributed by atoms with E-state index in [4.69, 9.17) is 9.05 Å². The lowest BCUT2D eigenvalue weighted by atomic mass is 10.0. The van der Waals surface area contributed by atoms with Crippen molar-refractivity contribution in [2.75, 3.05) is 40.9 Å². The molecule has 0 spiro atoms. The number of likely N-dealkylation sites (N-methyl/N-ethyl adjacent to an activating group) is 1. The minimum absolute atomic E-state index is 0.0117. The van der Waals surface area contributed by atoms with Gasteiger partial charge in [0.1, 0.15) is 13.2 Å². The number of carbonyl (C=O) groups is 1. The molecule has 0 saturated heterocycles. The summed E-state index contributed by atoms with van der Waals surface area (Å²) >= 11 is 0. The number of allylic oxidation sites excluding steroid dienone is 2. The van der Waals surface area contributed by atoms with Gasteiger partial charge in [-0.05, 0) is 38.5 Å². The summed E-state index contributed by atoms with van der Waals surface area (Å²) < 4.78 is 23.1. The van der Waals surface area contributed by atoms with Gasteiger partial charge in [0.2, 0.25) is 5.91 Å². The summed E-state index contributed by atoms with van der Waals surface area (Å²) in [6, 6.07) is -0.797. The fraction of sp³-hybridized carbons (Fsp3) is 0.919. The molecule has 0 aliphatic rings. The number of amides is 1. The van der Waals surface area contributed by atoms with Crippen molar-refractivity contribution < 1.29 is 32.9 Å². The number of rotatable bonds is 34. The Hall–Kier alpha value is -0.760. The Bertz CT molecular complexity index is 773. The first-order chi connectivity index (χ1) is 22.0. The van der Waals surface area contributed by atoms with E-state index < -0.39 is 20.0 Å². The van der Waals surface area contributed by atoms with Crippen molar-refractivity contribution in [1.82, 2.24) is 5.32 Å². The first-order valence-corrected chi connectivity index (χ1v) is 20.5. The van der Waals surface area contributed by atoms with Gasteiger partial charge in [0.05, 0.1) is 39.9 Å². The van der Waals surface area contributed by atoms with Crippen LogP contribution >= 0.6 is 7.82 Å². The van der Waals surface area contributed by atoms with E-state index in [9.17, 15) is 19.4 Å². The van der Waals surface area contributed by atoms with E-state index in [1.54, 1.807) is 0 Å². The van der Waals surface area contributed by atoms with Gasteiger partial charge in [-0.15, -0.1) is 0 Å². The Kier molecular flexibility index (Phi) is 29.8. The summed E-state index contributed by atoms with van der Waals surface area (Å²) in [7, 11) is 1.30. The number of hydrogen-bond donors (Lipinski definition) is 2. The molecule has 46 heavy (non-hydrogen) atoms. The highest BCUT2D eigenvalue weighted by atomic mass is 31.2. The van der Waals surface area contributed by atoms with Crippen LogP contribution in [-0.2, 0) is 18.4 Å². The lowest BCUT2D eigenvalue weighted by Gasteiger charge is -2.30. The molecule has 3 unspecified atom stereocenters. The van der Waals surface area contributed by atoms with E-state index in [-0.39, 0.29) is 19.1 Å². The third kappa shape index (κ3) is 31.8. The van der Waals surface area contributed by atoms with E-state index in [1.165, 1.54) is 89.9 Å². The molecule has 0 heterocycles. The van der Waals surface area contributed by atoms with Crippen LogP contribution in [0.15, 0.2) is 12.2 Å². The second-order valence-corrected chi connectivity index (χ2v) is 15.7. The topological polar surface area (TPSA) is 108 Å². The minimum atomic E-state index is -4.55. The van der Waals surface area contributed by atoms with Crippen molar-refractivity contribution in [1.29, 1.82) is 0 Å². The quantitative estimate of drug-likeness (QED) is 0.0305. The zero-order chi connectivity index (χ0) is 34.4. The molecule has 0 saturated carbocycles. The van der Waals surface area contributed by atoms with Gasteiger partial charge in [0.15, 0.2) is 0 Å². The van der Waals surface area contributed by atoms with Gasteiger partial charge in [-0.25, -0.2) is 0 Å². The monoisotopic (exact) mass is 675 g/mol. The molecular formula is C37H75N2O6P. The van der Waals surface area contributed by atoms with Gasteiger partial charge in [-0.1, -0.05) is 135 Å². The van der Waals surface area contributed by atoms with E-state index in [0.29, 0.717) is 23.9 Å². The molecule has 0 radical (unpaired) electrons. The summed E-state index contributed by atoms with van der Waals surface area (Å²) in [6.45, 7) is 4.66. The first-order valence-electron chi connectivity index (χ1n) is 19.0. The SMILES string of the molecule is CCCCCCCC/C=C\CCCCCCCC(=O)NC(COP(=O)([O-])OCC[N+](C)(C)C)C(O)CCCCCCCCCCC. The Labute approximate surface area is 284 Å². The fourth-order valence-corrected chi connectivity index (χ4v) is 6.11. The average molecular weight is 675 g/mol. The maximum atomic E-state index is 12.8. The van der Waals surface area contributed by atoms with Crippen LogP contribution in [0.1, 0.15) is 168 Å². The van der Waals surface area contributed by atoms with Crippen LogP contribution in [0.2, 0.25) is 0 Å². The number of carbonyl (C=O) groups excluding carboxylic acids is 1. The predicted molar refractivity (Wildman–Crippen MR) is 192 cm³/mol. The molecule has 0 rings (SSSR count). The van der Waals surface area contributed by atoms with E-state index in [1.807, 2.05) is 21.1 Å².